The van der Waals surface area contributed by atoms with Crippen molar-refractivity contribution in [1.82, 2.24) is 5.32 Å². The average Bonchev–Trinajstić information content (AvgIpc) is 2.32. The van der Waals surface area contributed by atoms with Crippen molar-refractivity contribution in [2.24, 2.45) is 0 Å². The van der Waals surface area contributed by atoms with Crippen molar-refractivity contribution in [3.63, 3.8) is 0 Å². The van der Waals surface area contributed by atoms with Gasteiger partial charge in [-0.15, -0.1) is 0 Å². The van der Waals surface area contributed by atoms with Crippen LogP contribution in [-0.4, -0.2) is 24.8 Å². The van der Waals surface area contributed by atoms with Gasteiger partial charge in [-0.05, 0) is 38.5 Å². The summed E-state index contributed by atoms with van der Waals surface area (Å²) in [5.41, 5.74) is -0.717. The maximum Gasteiger partial charge on any atom is 0.407 e. The Morgan fingerprint density at radius 2 is 1.95 bits per heavy atom. The third-order valence-electron chi connectivity index (χ3n) is 2.35. The minimum Gasteiger partial charge on any atom is -0.465 e. The lowest BCUT2D eigenvalue weighted by Crippen LogP contribution is -2.32. The predicted octanol–water partition coefficient (Wildman–Crippen LogP) is 3.29. The second kappa shape index (κ2) is 6.76. The Morgan fingerprint density at radius 1 is 1.33 bits per heavy atom. The van der Waals surface area contributed by atoms with Gasteiger partial charge in [0.05, 0.1) is 7.11 Å². The topological polar surface area (TPSA) is 64.6 Å². The standard InChI is InChI=1S/C14H17ClFNO4/c1-14(2,3)21-13(19)17-7-8-5-9(15)6-10(16)11(8)12(18)20-4/h5-6H,7H2,1-4H3,(H,17,19). The van der Waals surface area contributed by atoms with Gasteiger partial charge in [0, 0.05) is 11.6 Å². The van der Waals surface area contributed by atoms with Crippen LogP contribution in [0.3, 0.4) is 0 Å². The molecule has 0 heterocycles. The molecule has 0 aliphatic carbocycles. The largest absolute Gasteiger partial charge is 0.465 e. The van der Waals surface area contributed by atoms with E-state index in [9.17, 15) is 14.0 Å². The van der Waals surface area contributed by atoms with E-state index in [1.54, 1.807) is 20.8 Å². The zero-order chi connectivity index (χ0) is 16.2. The van der Waals surface area contributed by atoms with Gasteiger partial charge < -0.3 is 14.8 Å². The number of methoxy groups -OCH3 is 1. The van der Waals surface area contributed by atoms with Gasteiger partial charge in [-0.2, -0.15) is 0 Å². The Bertz CT molecular complexity index is 555. The summed E-state index contributed by atoms with van der Waals surface area (Å²) in [6.07, 6.45) is -0.682. The predicted molar refractivity (Wildman–Crippen MR) is 75.8 cm³/mol. The van der Waals surface area contributed by atoms with Crippen molar-refractivity contribution in [1.29, 1.82) is 0 Å². The minimum absolute atomic E-state index is 0.112. The fourth-order valence-electron chi connectivity index (χ4n) is 1.58. The van der Waals surface area contributed by atoms with E-state index in [1.165, 1.54) is 6.07 Å². The van der Waals surface area contributed by atoms with E-state index in [2.05, 4.69) is 10.1 Å². The molecule has 0 aromatic heterocycles. The first kappa shape index (κ1) is 17.2. The average molecular weight is 318 g/mol. The van der Waals surface area contributed by atoms with E-state index < -0.39 is 23.5 Å². The van der Waals surface area contributed by atoms with Crippen molar-refractivity contribution >= 4 is 23.7 Å². The Kier molecular flexibility index (Phi) is 5.54. The maximum atomic E-state index is 13.8. The molecule has 0 unspecified atom stereocenters. The third-order valence-corrected chi connectivity index (χ3v) is 2.57. The number of ether oxygens (including phenoxy) is 2. The molecular weight excluding hydrogens is 301 g/mol. The molecule has 1 amide bonds. The molecule has 1 aromatic carbocycles. The van der Waals surface area contributed by atoms with Crippen LogP contribution in [0.1, 0.15) is 36.7 Å². The van der Waals surface area contributed by atoms with E-state index in [-0.39, 0.29) is 22.7 Å². The molecule has 0 fully saturated rings. The van der Waals surface area contributed by atoms with Crippen molar-refractivity contribution in [3.05, 3.63) is 34.1 Å². The Labute approximate surface area is 127 Å². The quantitative estimate of drug-likeness (QED) is 0.869. The number of carbonyl (C=O) groups is 2. The minimum atomic E-state index is -0.842. The first-order valence-electron chi connectivity index (χ1n) is 6.17. The van der Waals surface area contributed by atoms with Crippen LogP contribution in [0.4, 0.5) is 9.18 Å². The van der Waals surface area contributed by atoms with Gasteiger partial charge >= 0.3 is 12.1 Å². The van der Waals surface area contributed by atoms with E-state index >= 15 is 0 Å². The molecule has 1 N–H and O–H groups in total. The van der Waals surface area contributed by atoms with Gasteiger partial charge in [-0.1, -0.05) is 11.6 Å². The van der Waals surface area contributed by atoms with Gasteiger partial charge in [0.25, 0.3) is 0 Å². The molecule has 0 spiro atoms. The lowest BCUT2D eigenvalue weighted by atomic mass is 10.1. The highest BCUT2D eigenvalue weighted by atomic mass is 35.5. The highest BCUT2D eigenvalue weighted by molar-refractivity contribution is 6.30. The van der Waals surface area contributed by atoms with Gasteiger partial charge in [-0.25, -0.2) is 14.0 Å². The molecule has 21 heavy (non-hydrogen) atoms. The van der Waals surface area contributed by atoms with Crippen LogP contribution in [0.15, 0.2) is 12.1 Å². The van der Waals surface area contributed by atoms with E-state index in [0.717, 1.165) is 13.2 Å². The molecule has 1 rings (SSSR count). The van der Waals surface area contributed by atoms with Crippen LogP contribution < -0.4 is 5.32 Å². The highest BCUT2D eigenvalue weighted by Crippen LogP contribution is 2.21. The molecule has 0 atom stereocenters. The SMILES string of the molecule is COC(=O)c1c(F)cc(Cl)cc1CNC(=O)OC(C)(C)C. The van der Waals surface area contributed by atoms with Crippen molar-refractivity contribution < 1.29 is 23.5 Å². The van der Waals surface area contributed by atoms with Gasteiger partial charge in [0.1, 0.15) is 17.0 Å². The summed E-state index contributed by atoms with van der Waals surface area (Å²) >= 11 is 5.76. The molecule has 7 heteroatoms. The number of rotatable bonds is 3. The Hall–Kier alpha value is -1.82. The van der Waals surface area contributed by atoms with Crippen LogP contribution in [0.5, 0.6) is 0 Å². The number of esters is 1. The number of hydrogen-bond donors (Lipinski definition) is 1. The Morgan fingerprint density at radius 3 is 2.48 bits per heavy atom. The molecule has 0 aliphatic rings. The van der Waals surface area contributed by atoms with Crippen LogP contribution in [0, 0.1) is 5.82 Å². The number of nitrogens with one attached hydrogen (secondary N) is 1. The smallest absolute Gasteiger partial charge is 0.407 e. The fraction of sp³-hybridized carbons (Fsp3) is 0.429. The zero-order valence-corrected chi connectivity index (χ0v) is 13.0. The number of carbonyl (C=O) groups excluding carboxylic acids is 2. The zero-order valence-electron chi connectivity index (χ0n) is 12.3. The normalized spacial score (nSPS) is 11.0. The molecule has 116 valence electrons. The van der Waals surface area contributed by atoms with E-state index in [0.29, 0.717) is 0 Å². The monoisotopic (exact) mass is 317 g/mol. The lowest BCUT2D eigenvalue weighted by Gasteiger charge is -2.20. The molecule has 5 nitrogen and oxygen atoms in total. The molecule has 0 radical (unpaired) electrons. The van der Waals surface area contributed by atoms with Gasteiger partial charge in [0.15, 0.2) is 0 Å². The van der Waals surface area contributed by atoms with Crippen molar-refractivity contribution in [2.75, 3.05) is 7.11 Å². The summed E-state index contributed by atoms with van der Waals surface area (Å²) < 4.78 is 23.4. The summed E-state index contributed by atoms with van der Waals surface area (Å²) in [5, 5.41) is 2.55. The molecular formula is C14H17ClFNO4. The number of amides is 1. The number of benzene rings is 1. The number of halogens is 2. The number of hydrogen-bond acceptors (Lipinski definition) is 4. The molecule has 1 aromatic rings. The molecule has 0 saturated heterocycles. The summed E-state index contributed by atoms with van der Waals surface area (Å²) in [6, 6.07) is 2.39. The summed E-state index contributed by atoms with van der Waals surface area (Å²) in [7, 11) is 1.14. The van der Waals surface area contributed by atoms with Crippen LogP contribution >= 0.6 is 11.6 Å². The summed E-state index contributed by atoms with van der Waals surface area (Å²) in [6.45, 7) is 5.03. The lowest BCUT2D eigenvalue weighted by molar-refractivity contribution is 0.0517. The second-order valence-electron chi connectivity index (χ2n) is 5.27. The first-order valence-corrected chi connectivity index (χ1v) is 6.55. The highest BCUT2D eigenvalue weighted by Gasteiger charge is 2.20. The van der Waals surface area contributed by atoms with Crippen molar-refractivity contribution in [2.45, 2.75) is 32.9 Å². The van der Waals surface area contributed by atoms with Crippen molar-refractivity contribution in [3.8, 4) is 0 Å². The second-order valence-corrected chi connectivity index (χ2v) is 5.71. The molecule has 0 bridgehead atoms. The van der Waals surface area contributed by atoms with Gasteiger partial charge in [-0.3, -0.25) is 0 Å². The summed E-state index contributed by atoms with van der Waals surface area (Å²) in [4.78, 5) is 23.2. The summed E-state index contributed by atoms with van der Waals surface area (Å²) in [5.74, 6) is -1.65. The van der Waals surface area contributed by atoms with E-state index in [4.69, 9.17) is 16.3 Å². The van der Waals surface area contributed by atoms with Crippen LogP contribution in [-0.2, 0) is 16.0 Å². The maximum absolute atomic E-state index is 13.8. The third kappa shape index (κ3) is 5.23. The molecule has 0 aliphatic heterocycles. The number of alkyl carbamates (subject to hydrolysis) is 1. The molecule has 0 saturated carbocycles. The van der Waals surface area contributed by atoms with Crippen LogP contribution in [0.2, 0.25) is 5.02 Å². The first-order chi connectivity index (χ1) is 9.64. The van der Waals surface area contributed by atoms with Crippen LogP contribution in [0.25, 0.3) is 0 Å². The van der Waals surface area contributed by atoms with E-state index in [1.807, 2.05) is 0 Å². The van der Waals surface area contributed by atoms with Gasteiger partial charge in [0.2, 0.25) is 0 Å². The Balaban J connectivity index is 2.92. The fourth-order valence-corrected chi connectivity index (χ4v) is 1.81.